The summed E-state index contributed by atoms with van der Waals surface area (Å²) in [6, 6.07) is 8.43. The third-order valence-electron chi connectivity index (χ3n) is 4.53. The molecule has 2 aliphatic heterocycles. The van der Waals surface area contributed by atoms with Gasteiger partial charge in [-0.25, -0.2) is 4.98 Å². The first kappa shape index (κ1) is 20.3. The van der Waals surface area contributed by atoms with Crippen molar-refractivity contribution in [3.8, 4) is 5.75 Å². The number of thioether (sulfide) groups is 1. The summed E-state index contributed by atoms with van der Waals surface area (Å²) in [6.07, 6.45) is 1.60. The first-order valence-electron chi connectivity index (χ1n) is 9.43. The number of amides is 1. The number of aliphatic imine (C=N–C) groups is 1. The highest BCUT2D eigenvalue weighted by Crippen LogP contribution is 2.28. The number of nitrogens with one attached hydrogen (secondary N) is 1. The fourth-order valence-corrected chi connectivity index (χ4v) is 4.60. The Bertz CT molecular complexity index is 1430. The van der Waals surface area contributed by atoms with Crippen molar-refractivity contribution < 1.29 is 9.53 Å². The van der Waals surface area contributed by atoms with Crippen molar-refractivity contribution in [2.24, 2.45) is 10.1 Å². The predicted octanol–water partition coefficient (Wildman–Crippen LogP) is 2.68. The van der Waals surface area contributed by atoms with Gasteiger partial charge in [-0.15, -0.1) is 0 Å². The maximum Gasteiger partial charge on any atom is 0.283 e. The van der Waals surface area contributed by atoms with Gasteiger partial charge in [-0.05, 0) is 49.4 Å². The number of carbonyl (C=O) groups is 1. The SMILES string of the molecule is CC1=NN2C(=N)/C(=C/c3ccc(OCc4cc(=O)n5nc(C)sc5n4)cc3)C(=O)N=C2S1. The molecule has 0 bridgehead atoms. The Morgan fingerprint density at radius 1 is 1.19 bits per heavy atom. The number of fused-ring (bicyclic) bond motifs is 2. The molecule has 0 atom stereocenters. The van der Waals surface area contributed by atoms with Gasteiger partial charge < -0.3 is 4.74 Å². The minimum absolute atomic E-state index is 0.00395. The molecule has 0 fully saturated rings. The van der Waals surface area contributed by atoms with Crippen molar-refractivity contribution in [2.75, 3.05) is 0 Å². The number of carbonyl (C=O) groups excluding carboxylic acids is 1. The highest BCUT2D eigenvalue weighted by atomic mass is 32.2. The number of hydrazone groups is 1. The Kier molecular flexibility index (Phi) is 4.94. The van der Waals surface area contributed by atoms with Crippen LogP contribution in [0.15, 0.2) is 50.8 Å². The molecule has 1 N–H and O–H groups in total. The van der Waals surface area contributed by atoms with E-state index in [9.17, 15) is 9.59 Å². The molecule has 160 valence electrons. The summed E-state index contributed by atoms with van der Waals surface area (Å²) in [6.45, 7) is 3.75. The molecule has 0 radical (unpaired) electrons. The molecule has 4 heterocycles. The first-order chi connectivity index (χ1) is 15.4. The molecule has 1 aromatic carbocycles. The van der Waals surface area contributed by atoms with E-state index >= 15 is 0 Å². The Morgan fingerprint density at radius 2 is 1.97 bits per heavy atom. The fraction of sp³-hybridized carbons (Fsp3) is 0.150. The molecule has 0 unspecified atom stereocenters. The van der Waals surface area contributed by atoms with Gasteiger partial charge in [-0.2, -0.15) is 24.7 Å². The van der Waals surface area contributed by atoms with E-state index in [-0.39, 0.29) is 23.6 Å². The monoisotopic (exact) mass is 465 g/mol. The van der Waals surface area contributed by atoms with Gasteiger partial charge in [0.05, 0.1) is 16.3 Å². The molecule has 2 aliphatic rings. The van der Waals surface area contributed by atoms with Gasteiger partial charge in [0.25, 0.3) is 11.5 Å². The van der Waals surface area contributed by atoms with Crippen molar-refractivity contribution in [2.45, 2.75) is 20.5 Å². The Hall–Kier alpha value is -3.64. The molecule has 10 nitrogen and oxygen atoms in total. The largest absolute Gasteiger partial charge is 0.487 e. The third kappa shape index (κ3) is 3.74. The maximum atomic E-state index is 12.4. The second-order valence-electron chi connectivity index (χ2n) is 6.90. The van der Waals surface area contributed by atoms with Crippen LogP contribution in [0.1, 0.15) is 23.2 Å². The minimum Gasteiger partial charge on any atom is -0.487 e. The molecule has 32 heavy (non-hydrogen) atoms. The van der Waals surface area contributed by atoms with Crippen LogP contribution < -0.4 is 10.3 Å². The van der Waals surface area contributed by atoms with E-state index in [1.54, 1.807) is 37.3 Å². The average Bonchev–Trinajstić information content (AvgIpc) is 3.32. The summed E-state index contributed by atoms with van der Waals surface area (Å²) in [7, 11) is 0. The molecule has 5 rings (SSSR count). The van der Waals surface area contributed by atoms with Crippen LogP contribution in [-0.2, 0) is 11.4 Å². The van der Waals surface area contributed by atoms with Gasteiger partial charge in [-0.1, -0.05) is 23.5 Å². The maximum absolute atomic E-state index is 12.4. The zero-order valence-electron chi connectivity index (χ0n) is 16.9. The summed E-state index contributed by atoms with van der Waals surface area (Å²) >= 11 is 2.60. The lowest BCUT2D eigenvalue weighted by atomic mass is 10.1. The van der Waals surface area contributed by atoms with Crippen molar-refractivity contribution in [3.05, 3.63) is 62.5 Å². The number of nitrogens with zero attached hydrogens (tertiary/aromatic N) is 6. The first-order valence-corrected chi connectivity index (χ1v) is 11.1. The second-order valence-corrected chi connectivity index (χ2v) is 9.22. The number of hydrogen-bond acceptors (Lipinski definition) is 9. The zero-order chi connectivity index (χ0) is 22.4. The molecule has 2 aromatic heterocycles. The van der Waals surface area contributed by atoms with E-state index in [1.165, 1.54) is 38.7 Å². The van der Waals surface area contributed by atoms with E-state index in [4.69, 9.17) is 10.1 Å². The Morgan fingerprint density at radius 3 is 2.75 bits per heavy atom. The van der Waals surface area contributed by atoms with Crippen molar-refractivity contribution in [1.29, 1.82) is 5.41 Å². The van der Waals surface area contributed by atoms with Crippen LogP contribution in [0, 0.1) is 12.3 Å². The van der Waals surface area contributed by atoms with Crippen LogP contribution >= 0.6 is 23.1 Å². The van der Waals surface area contributed by atoms with Crippen LogP contribution in [-0.4, -0.2) is 41.6 Å². The molecule has 3 aromatic rings. The molecule has 0 spiro atoms. The average molecular weight is 466 g/mol. The van der Waals surface area contributed by atoms with E-state index in [0.717, 1.165) is 15.6 Å². The summed E-state index contributed by atoms with van der Waals surface area (Å²) < 4.78 is 7.03. The normalized spacial score (nSPS) is 17.1. The third-order valence-corrected chi connectivity index (χ3v) is 6.18. The smallest absolute Gasteiger partial charge is 0.283 e. The van der Waals surface area contributed by atoms with Gasteiger partial charge in [0.15, 0.2) is 5.84 Å². The number of ether oxygens (including phenoxy) is 1. The van der Waals surface area contributed by atoms with E-state index in [0.29, 0.717) is 21.6 Å². The van der Waals surface area contributed by atoms with E-state index < -0.39 is 5.91 Å². The highest BCUT2D eigenvalue weighted by Gasteiger charge is 2.34. The summed E-state index contributed by atoms with van der Waals surface area (Å²) in [4.78, 5) is 33.4. The number of hydrogen-bond donors (Lipinski definition) is 1. The van der Waals surface area contributed by atoms with E-state index in [2.05, 4.69) is 20.2 Å². The van der Waals surface area contributed by atoms with Gasteiger partial charge in [0.1, 0.15) is 17.4 Å². The predicted molar refractivity (Wildman–Crippen MR) is 123 cm³/mol. The van der Waals surface area contributed by atoms with Crippen LogP contribution in [0.4, 0.5) is 0 Å². The summed E-state index contributed by atoms with van der Waals surface area (Å²) in [5.41, 5.74) is 1.15. The van der Waals surface area contributed by atoms with Crippen molar-refractivity contribution >= 4 is 56.1 Å². The number of aromatic nitrogens is 3. The van der Waals surface area contributed by atoms with Crippen LogP contribution in [0.3, 0.4) is 0 Å². The molecule has 1 amide bonds. The number of rotatable bonds is 4. The lowest BCUT2D eigenvalue weighted by Gasteiger charge is -2.20. The quantitative estimate of drug-likeness (QED) is 0.587. The molecule has 0 saturated carbocycles. The van der Waals surface area contributed by atoms with Crippen LogP contribution in [0.25, 0.3) is 11.0 Å². The molecule has 0 aliphatic carbocycles. The van der Waals surface area contributed by atoms with Crippen molar-refractivity contribution in [1.82, 2.24) is 19.6 Å². The van der Waals surface area contributed by atoms with E-state index in [1.807, 2.05) is 6.92 Å². The Balaban J connectivity index is 1.31. The summed E-state index contributed by atoms with van der Waals surface area (Å²) in [5.74, 6) is 0.108. The fourth-order valence-electron chi connectivity index (χ4n) is 3.10. The minimum atomic E-state index is -0.468. The molecular formula is C20H15N7O3S2. The van der Waals surface area contributed by atoms with Crippen LogP contribution in [0.2, 0.25) is 0 Å². The highest BCUT2D eigenvalue weighted by molar-refractivity contribution is 8.26. The molecule has 12 heteroatoms. The number of aryl methyl sites for hydroxylation is 1. The Labute approximate surface area is 189 Å². The zero-order valence-corrected chi connectivity index (χ0v) is 18.5. The molecule has 0 saturated heterocycles. The topological polar surface area (TPSA) is 125 Å². The standard InChI is InChI=1S/C20H15N7O3S2/c1-10-24-26-16(28)8-13(22-19(26)31-10)9-30-14-5-3-12(4-6-14)7-15-17(21)27-20(23-18(15)29)32-11(2)25-27/h3-8,21H,9H2,1-2H3/b15-7-,21-17?. The van der Waals surface area contributed by atoms with Gasteiger partial charge in [0, 0.05) is 6.07 Å². The van der Waals surface area contributed by atoms with Gasteiger partial charge in [0.2, 0.25) is 10.1 Å². The van der Waals surface area contributed by atoms with Crippen molar-refractivity contribution in [3.63, 3.8) is 0 Å². The number of benzene rings is 1. The number of amidine groups is 2. The summed E-state index contributed by atoms with van der Waals surface area (Å²) in [5, 5.41) is 19.9. The lowest BCUT2D eigenvalue weighted by molar-refractivity contribution is -0.114. The lowest BCUT2D eigenvalue weighted by Crippen LogP contribution is -2.35. The second kappa shape index (κ2) is 7.80. The van der Waals surface area contributed by atoms with Gasteiger partial charge in [-0.3, -0.25) is 15.0 Å². The van der Waals surface area contributed by atoms with Crippen LogP contribution in [0.5, 0.6) is 5.75 Å². The molecular weight excluding hydrogens is 450 g/mol. The van der Waals surface area contributed by atoms with Gasteiger partial charge >= 0.3 is 0 Å².